The first kappa shape index (κ1) is 15.2. The first-order valence-corrected chi connectivity index (χ1v) is 6.11. The molecule has 1 rings (SSSR count). The first-order chi connectivity index (χ1) is 8.88. The normalized spacial score (nSPS) is 10.3. The Morgan fingerprint density at radius 1 is 1.53 bits per heavy atom. The second-order valence-corrected chi connectivity index (χ2v) is 4.68. The highest BCUT2D eigenvalue weighted by atomic mass is 35.5. The van der Waals surface area contributed by atoms with Crippen LogP contribution < -0.4 is 11.1 Å². The lowest BCUT2D eigenvalue weighted by atomic mass is 10.2. The topological polar surface area (TPSA) is 94.3 Å². The second kappa shape index (κ2) is 6.94. The van der Waals surface area contributed by atoms with Crippen LogP contribution in [0.4, 0.5) is 5.82 Å². The summed E-state index contributed by atoms with van der Waals surface area (Å²) in [6, 6.07) is 1.55. The van der Waals surface area contributed by atoms with Crippen molar-refractivity contribution in [3.63, 3.8) is 0 Å². The van der Waals surface area contributed by atoms with Gasteiger partial charge in [-0.3, -0.25) is 9.59 Å². The number of esters is 1. The van der Waals surface area contributed by atoms with Gasteiger partial charge in [-0.2, -0.15) is 0 Å². The number of nitrogen functional groups attached to an aromatic ring is 1. The predicted octanol–water partition coefficient (Wildman–Crippen LogP) is 0.927. The molecule has 0 saturated carbocycles. The van der Waals surface area contributed by atoms with Crippen molar-refractivity contribution in [1.29, 1.82) is 0 Å². The lowest BCUT2D eigenvalue weighted by Gasteiger charge is -2.09. The monoisotopic (exact) mass is 285 g/mol. The van der Waals surface area contributed by atoms with Crippen molar-refractivity contribution in [2.24, 2.45) is 0 Å². The third-order valence-electron chi connectivity index (χ3n) is 2.09. The fourth-order valence-corrected chi connectivity index (χ4v) is 1.50. The lowest BCUT2D eigenvalue weighted by Crippen LogP contribution is -2.34. The van der Waals surface area contributed by atoms with Crippen LogP contribution in [0.2, 0.25) is 5.02 Å². The van der Waals surface area contributed by atoms with E-state index in [-0.39, 0.29) is 35.8 Å². The fourth-order valence-electron chi connectivity index (χ4n) is 1.31. The van der Waals surface area contributed by atoms with E-state index in [0.717, 1.165) is 0 Å². The molecule has 0 radical (unpaired) electrons. The summed E-state index contributed by atoms with van der Waals surface area (Å²) in [5, 5.41) is 2.89. The summed E-state index contributed by atoms with van der Waals surface area (Å²) in [5.41, 5.74) is 6.03. The summed E-state index contributed by atoms with van der Waals surface area (Å²) in [4.78, 5) is 26.6. The van der Waals surface area contributed by atoms with Gasteiger partial charge in [0.2, 0.25) is 0 Å². The Morgan fingerprint density at radius 3 is 2.79 bits per heavy atom. The molecule has 19 heavy (non-hydrogen) atoms. The van der Waals surface area contributed by atoms with Crippen LogP contribution in [0.1, 0.15) is 19.4 Å². The minimum Gasteiger partial charge on any atom is -0.455 e. The molecule has 0 bridgehead atoms. The zero-order chi connectivity index (χ0) is 14.4. The van der Waals surface area contributed by atoms with Crippen molar-refractivity contribution in [2.45, 2.75) is 26.3 Å². The standard InChI is InChI=1S/C12H16ClN3O3/c1-7(2)16-10(17)6-19-11(18)4-8-3-9(13)12(14)15-5-8/h3,5,7H,4,6H2,1-2H3,(H2,14,15)(H,16,17). The zero-order valence-corrected chi connectivity index (χ0v) is 11.5. The maximum absolute atomic E-state index is 11.5. The number of hydrogen-bond donors (Lipinski definition) is 2. The average molecular weight is 286 g/mol. The van der Waals surface area contributed by atoms with Crippen molar-refractivity contribution >= 4 is 29.3 Å². The summed E-state index contributed by atoms with van der Waals surface area (Å²) >= 11 is 5.78. The molecule has 0 unspecified atom stereocenters. The third-order valence-corrected chi connectivity index (χ3v) is 2.39. The number of rotatable bonds is 5. The number of nitrogens with zero attached hydrogens (tertiary/aromatic N) is 1. The molecule has 0 aliphatic carbocycles. The molecule has 0 atom stereocenters. The Balaban J connectivity index is 2.43. The summed E-state index contributed by atoms with van der Waals surface area (Å²) in [6.07, 6.45) is 1.43. The van der Waals surface area contributed by atoms with Crippen LogP contribution in [-0.4, -0.2) is 29.5 Å². The molecule has 0 aliphatic rings. The number of carbonyl (C=O) groups is 2. The Bertz CT molecular complexity index is 477. The Morgan fingerprint density at radius 2 is 2.21 bits per heavy atom. The largest absolute Gasteiger partial charge is 0.455 e. The van der Waals surface area contributed by atoms with Crippen LogP contribution in [0, 0.1) is 0 Å². The number of hydrogen-bond acceptors (Lipinski definition) is 5. The Hall–Kier alpha value is -1.82. The molecule has 104 valence electrons. The van der Waals surface area contributed by atoms with Gasteiger partial charge in [0, 0.05) is 12.2 Å². The van der Waals surface area contributed by atoms with Crippen molar-refractivity contribution < 1.29 is 14.3 Å². The Kier molecular flexibility index (Phi) is 5.57. The molecule has 1 amide bonds. The van der Waals surface area contributed by atoms with E-state index in [1.807, 2.05) is 13.8 Å². The number of aromatic nitrogens is 1. The molecular formula is C12H16ClN3O3. The number of pyridine rings is 1. The number of amides is 1. The van der Waals surface area contributed by atoms with Gasteiger partial charge >= 0.3 is 5.97 Å². The van der Waals surface area contributed by atoms with Gasteiger partial charge in [-0.15, -0.1) is 0 Å². The maximum Gasteiger partial charge on any atom is 0.310 e. The van der Waals surface area contributed by atoms with Crippen LogP contribution in [0.25, 0.3) is 0 Å². The quantitative estimate of drug-likeness (QED) is 0.785. The smallest absolute Gasteiger partial charge is 0.310 e. The predicted molar refractivity (Wildman–Crippen MR) is 71.6 cm³/mol. The van der Waals surface area contributed by atoms with Crippen LogP contribution in [0.15, 0.2) is 12.3 Å². The molecule has 0 fully saturated rings. The van der Waals surface area contributed by atoms with Gasteiger partial charge in [0.25, 0.3) is 5.91 Å². The van der Waals surface area contributed by atoms with E-state index >= 15 is 0 Å². The van der Waals surface area contributed by atoms with Gasteiger partial charge in [0.1, 0.15) is 5.82 Å². The molecule has 0 aliphatic heterocycles. The summed E-state index contributed by atoms with van der Waals surface area (Å²) in [7, 11) is 0. The number of ether oxygens (including phenoxy) is 1. The van der Waals surface area contributed by atoms with Gasteiger partial charge in [-0.25, -0.2) is 4.98 Å². The van der Waals surface area contributed by atoms with E-state index in [4.69, 9.17) is 22.1 Å². The van der Waals surface area contributed by atoms with Gasteiger partial charge in [-0.05, 0) is 25.5 Å². The average Bonchev–Trinajstić information content (AvgIpc) is 2.30. The van der Waals surface area contributed by atoms with Crippen LogP contribution in [-0.2, 0) is 20.7 Å². The molecule has 7 heteroatoms. The highest BCUT2D eigenvalue weighted by molar-refractivity contribution is 6.32. The molecule has 0 saturated heterocycles. The van der Waals surface area contributed by atoms with E-state index in [2.05, 4.69) is 10.3 Å². The number of nitrogens with one attached hydrogen (secondary N) is 1. The van der Waals surface area contributed by atoms with Gasteiger partial charge < -0.3 is 15.8 Å². The maximum atomic E-state index is 11.5. The molecule has 6 nitrogen and oxygen atoms in total. The molecular weight excluding hydrogens is 270 g/mol. The zero-order valence-electron chi connectivity index (χ0n) is 10.8. The molecule has 1 aromatic rings. The summed E-state index contributed by atoms with van der Waals surface area (Å²) in [6.45, 7) is 3.34. The van der Waals surface area contributed by atoms with Crippen molar-refractivity contribution in [1.82, 2.24) is 10.3 Å². The van der Waals surface area contributed by atoms with E-state index in [9.17, 15) is 9.59 Å². The Labute approximate surface area is 116 Å². The van der Waals surface area contributed by atoms with Crippen LogP contribution in [0.5, 0.6) is 0 Å². The van der Waals surface area contributed by atoms with E-state index in [1.165, 1.54) is 6.20 Å². The van der Waals surface area contributed by atoms with E-state index in [1.54, 1.807) is 6.07 Å². The highest BCUT2D eigenvalue weighted by Gasteiger charge is 2.10. The van der Waals surface area contributed by atoms with Crippen molar-refractivity contribution in [2.75, 3.05) is 12.3 Å². The van der Waals surface area contributed by atoms with Crippen LogP contribution in [0.3, 0.4) is 0 Å². The van der Waals surface area contributed by atoms with Gasteiger partial charge in [-0.1, -0.05) is 11.6 Å². The number of carbonyl (C=O) groups excluding carboxylic acids is 2. The number of nitrogens with two attached hydrogens (primary N) is 1. The van der Waals surface area contributed by atoms with Gasteiger partial charge in [0.05, 0.1) is 11.4 Å². The second-order valence-electron chi connectivity index (χ2n) is 4.27. The molecule has 1 heterocycles. The fraction of sp³-hybridized carbons (Fsp3) is 0.417. The van der Waals surface area contributed by atoms with Crippen molar-refractivity contribution in [3.8, 4) is 0 Å². The minimum absolute atomic E-state index is 0.00584. The van der Waals surface area contributed by atoms with Crippen molar-refractivity contribution in [3.05, 3.63) is 22.8 Å². The number of anilines is 1. The summed E-state index contributed by atoms with van der Waals surface area (Å²) in [5.74, 6) is -0.659. The SMILES string of the molecule is CC(C)NC(=O)COC(=O)Cc1cnc(N)c(Cl)c1. The first-order valence-electron chi connectivity index (χ1n) is 5.73. The minimum atomic E-state index is -0.526. The molecule has 3 N–H and O–H groups in total. The summed E-state index contributed by atoms with van der Waals surface area (Å²) < 4.78 is 4.83. The molecule has 1 aromatic heterocycles. The lowest BCUT2D eigenvalue weighted by molar-refractivity contribution is -0.148. The molecule has 0 spiro atoms. The van der Waals surface area contributed by atoms with E-state index in [0.29, 0.717) is 5.56 Å². The van der Waals surface area contributed by atoms with Crippen LogP contribution >= 0.6 is 11.6 Å². The number of halogens is 1. The van der Waals surface area contributed by atoms with Gasteiger partial charge in [0.15, 0.2) is 6.61 Å². The highest BCUT2D eigenvalue weighted by Crippen LogP contribution is 2.17. The third kappa shape index (κ3) is 5.56. The molecule has 0 aromatic carbocycles. The van der Waals surface area contributed by atoms with E-state index < -0.39 is 5.97 Å².